The van der Waals surface area contributed by atoms with Crippen molar-refractivity contribution in [1.29, 1.82) is 0 Å². The van der Waals surface area contributed by atoms with Crippen molar-refractivity contribution >= 4 is 6.21 Å². The van der Waals surface area contributed by atoms with Gasteiger partial charge in [0.15, 0.2) is 0 Å². The minimum atomic E-state index is -0.0419. The van der Waals surface area contributed by atoms with Crippen molar-refractivity contribution in [3.63, 3.8) is 0 Å². The average Bonchev–Trinajstić information content (AvgIpc) is 2.89. The Bertz CT molecular complexity index is 408. The Morgan fingerprint density at radius 1 is 1.18 bits per heavy atom. The predicted molar refractivity (Wildman–Crippen MR) is 71.3 cm³/mol. The molecule has 1 aliphatic rings. The van der Waals surface area contributed by atoms with Crippen LogP contribution in [0.2, 0.25) is 0 Å². The number of aliphatic hydroxyl groups is 1. The van der Waals surface area contributed by atoms with Crippen LogP contribution in [0.25, 0.3) is 0 Å². The van der Waals surface area contributed by atoms with Gasteiger partial charge in [0.2, 0.25) is 0 Å². The normalized spacial score (nSPS) is 17.0. The molecular weight excluding hydrogens is 210 g/mol. The fraction of sp³-hybridized carbons (Fsp3) is 0.267. The number of hydrogen-bond donors (Lipinski definition) is 1. The molecule has 17 heavy (non-hydrogen) atoms. The van der Waals surface area contributed by atoms with E-state index in [1.807, 2.05) is 36.6 Å². The number of allylic oxidation sites excluding steroid dienone is 4. The molecule has 0 heterocycles. The van der Waals surface area contributed by atoms with Crippen molar-refractivity contribution in [2.24, 2.45) is 10.9 Å². The molecule has 1 aliphatic carbocycles. The molecule has 0 aromatic heterocycles. The molecule has 0 fully saturated rings. The van der Waals surface area contributed by atoms with Crippen molar-refractivity contribution in [2.45, 2.75) is 12.5 Å². The highest BCUT2D eigenvalue weighted by Crippen LogP contribution is 2.09. The van der Waals surface area contributed by atoms with Crippen LogP contribution >= 0.6 is 0 Å². The molecule has 2 nitrogen and oxygen atoms in total. The average molecular weight is 227 g/mol. The standard InChI is InChI=1S/C15H17NO/c17-12-15(10-13-6-2-1-3-7-13)16-11-14-8-4-5-9-14/h1-9,11,14-15,17H,10,12H2/t15-/m0/s1. The lowest BCUT2D eigenvalue weighted by Crippen LogP contribution is -2.14. The molecule has 0 spiro atoms. The maximum Gasteiger partial charge on any atom is 0.0767 e. The van der Waals surface area contributed by atoms with Gasteiger partial charge in [0.1, 0.15) is 0 Å². The lowest BCUT2D eigenvalue weighted by Gasteiger charge is -2.09. The van der Waals surface area contributed by atoms with Gasteiger partial charge in [0.05, 0.1) is 12.6 Å². The topological polar surface area (TPSA) is 32.6 Å². The highest BCUT2D eigenvalue weighted by atomic mass is 16.3. The van der Waals surface area contributed by atoms with E-state index in [9.17, 15) is 5.11 Å². The molecule has 0 saturated heterocycles. The Labute approximate surface area is 102 Å². The van der Waals surface area contributed by atoms with Crippen molar-refractivity contribution < 1.29 is 5.11 Å². The Morgan fingerprint density at radius 2 is 1.88 bits per heavy atom. The maximum absolute atomic E-state index is 9.31. The molecule has 2 rings (SSSR count). The third kappa shape index (κ3) is 3.68. The summed E-state index contributed by atoms with van der Waals surface area (Å²) < 4.78 is 0. The summed E-state index contributed by atoms with van der Waals surface area (Å²) in [6.45, 7) is 0.0888. The molecule has 1 aromatic rings. The van der Waals surface area contributed by atoms with Crippen LogP contribution in [-0.4, -0.2) is 24.0 Å². The van der Waals surface area contributed by atoms with E-state index in [-0.39, 0.29) is 12.6 Å². The van der Waals surface area contributed by atoms with Gasteiger partial charge in [-0.15, -0.1) is 0 Å². The molecule has 88 valence electrons. The molecular formula is C15H17NO. The molecule has 0 bridgehead atoms. The number of aliphatic hydroxyl groups excluding tert-OH is 1. The van der Waals surface area contributed by atoms with Gasteiger partial charge in [-0.1, -0.05) is 54.6 Å². The second-order valence-electron chi connectivity index (χ2n) is 4.17. The van der Waals surface area contributed by atoms with E-state index in [0.29, 0.717) is 5.92 Å². The van der Waals surface area contributed by atoms with Crippen LogP contribution in [0.4, 0.5) is 0 Å². The van der Waals surface area contributed by atoms with Crippen LogP contribution in [-0.2, 0) is 6.42 Å². The van der Waals surface area contributed by atoms with E-state index in [1.165, 1.54) is 5.56 Å². The summed E-state index contributed by atoms with van der Waals surface area (Å²) >= 11 is 0. The zero-order chi connectivity index (χ0) is 11.9. The number of benzene rings is 1. The van der Waals surface area contributed by atoms with Gasteiger partial charge >= 0.3 is 0 Å². The first kappa shape index (κ1) is 11.8. The first-order valence-corrected chi connectivity index (χ1v) is 5.91. The minimum Gasteiger partial charge on any atom is -0.394 e. The van der Waals surface area contributed by atoms with Gasteiger partial charge in [-0.05, 0) is 12.0 Å². The van der Waals surface area contributed by atoms with E-state index >= 15 is 0 Å². The quantitative estimate of drug-likeness (QED) is 0.770. The second-order valence-corrected chi connectivity index (χ2v) is 4.17. The van der Waals surface area contributed by atoms with Crippen LogP contribution in [0.5, 0.6) is 0 Å². The van der Waals surface area contributed by atoms with Crippen molar-refractivity contribution in [2.75, 3.05) is 6.61 Å². The first-order chi connectivity index (χ1) is 8.38. The van der Waals surface area contributed by atoms with Crippen molar-refractivity contribution in [3.05, 3.63) is 60.2 Å². The molecule has 1 atom stereocenters. The monoisotopic (exact) mass is 227 g/mol. The van der Waals surface area contributed by atoms with E-state index in [0.717, 1.165) is 6.42 Å². The van der Waals surface area contributed by atoms with Crippen LogP contribution in [0.3, 0.4) is 0 Å². The predicted octanol–water partition coefficient (Wildman–Crippen LogP) is 2.40. The van der Waals surface area contributed by atoms with E-state index in [2.05, 4.69) is 29.3 Å². The molecule has 0 saturated carbocycles. The highest BCUT2D eigenvalue weighted by Gasteiger charge is 2.06. The molecule has 1 N–H and O–H groups in total. The fourth-order valence-electron chi connectivity index (χ4n) is 1.82. The Morgan fingerprint density at radius 3 is 2.53 bits per heavy atom. The molecule has 0 aliphatic heterocycles. The van der Waals surface area contributed by atoms with Gasteiger partial charge in [0.25, 0.3) is 0 Å². The Hall–Kier alpha value is -1.67. The summed E-state index contributed by atoms with van der Waals surface area (Å²) in [4.78, 5) is 4.44. The Kier molecular flexibility index (Phi) is 4.28. The van der Waals surface area contributed by atoms with E-state index < -0.39 is 0 Å². The molecule has 0 unspecified atom stereocenters. The zero-order valence-corrected chi connectivity index (χ0v) is 9.74. The summed E-state index contributed by atoms with van der Waals surface area (Å²) in [5.74, 6) is 0.292. The zero-order valence-electron chi connectivity index (χ0n) is 9.74. The maximum atomic E-state index is 9.31. The van der Waals surface area contributed by atoms with Gasteiger partial charge in [0, 0.05) is 12.1 Å². The minimum absolute atomic E-state index is 0.0419. The van der Waals surface area contributed by atoms with Gasteiger partial charge < -0.3 is 5.11 Å². The summed E-state index contributed by atoms with van der Waals surface area (Å²) in [5.41, 5.74) is 1.21. The second kappa shape index (κ2) is 6.16. The van der Waals surface area contributed by atoms with Gasteiger partial charge in [-0.2, -0.15) is 0 Å². The summed E-state index contributed by atoms with van der Waals surface area (Å²) in [6, 6.07) is 10.1. The van der Waals surface area contributed by atoms with Crippen molar-refractivity contribution in [3.8, 4) is 0 Å². The number of rotatable bonds is 5. The largest absolute Gasteiger partial charge is 0.394 e. The number of nitrogens with zero attached hydrogens (tertiary/aromatic N) is 1. The molecule has 0 radical (unpaired) electrons. The van der Waals surface area contributed by atoms with Crippen LogP contribution in [0.15, 0.2) is 59.6 Å². The van der Waals surface area contributed by atoms with E-state index in [4.69, 9.17) is 0 Å². The lowest BCUT2D eigenvalue weighted by atomic mass is 10.1. The van der Waals surface area contributed by atoms with Crippen LogP contribution in [0.1, 0.15) is 5.56 Å². The summed E-state index contributed by atoms with van der Waals surface area (Å²) in [6.07, 6.45) is 10.9. The van der Waals surface area contributed by atoms with Gasteiger partial charge in [-0.3, -0.25) is 4.99 Å². The third-order valence-corrected chi connectivity index (χ3v) is 2.77. The summed E-state index contributed by atoms with van der Waals surface area (Å²) in [7, 11) is 0. The fourth-order valence-corrected chi connectivity index (χ4v) is 1.82. The number of aliphatic imine (C=N–C) groups is 1. The lowest BCUT2D eigenvalue weighted by molar-refractivity contribution is 0.266. The first-order valence-electron chi connectivity index (χ1n) is 5.91. The molecule has 1 aromatic carbocycles. The number of hydrogen-bond acceptors (Lipinski definition) is 2. The molecule has 0 amide bonds. The van der Waals surface area contributed by atoms with Crippen LogP contribution < -0.4 is 0 Å². The van der Waals surface area contributed by atoms with Crippen molar-refractivity contribution in [1.82, 2.24) is 0 Å². The summed E-state index contributed by atoms with van der Waals surface area (Å²) in [5, 5.41) is 9.31. The SMILES string of the molecule is OC[C@H](Cc1ccccc1)N=CC1C=CC=C1. The van der Waals surface area contributed by atoms with E-state index in [1.54, 1.807) is 0 Å². The van der Waals surface area contributed by atoms with Gasteiger partial charge in [-0.25, -0.2) is 0 Å². The smallest absolute Gasteiger partial charge is 0.0767 e. The molecule has 2 heteroatoms. The third-order valence-electron chi connectivity index (χ3n) is 2.77. The Balaban J connectivity index is 1.92. The van der Waals surface area contributed by atoms with Crippen LogP contribution in [0, 0.1) is 5.92 Å². The highest BCUT2D eigenvalue weighted by molar-refractivity contribution is 5.67.